The van der Waals surface area contributed by atoms with Crippen molar-refractivity contribution in [2.75, 3.05) is 7.11 Å². The van der Waals surface area contributed by atoms with Gasteiger partial charge in [0, 0.05) is 10.1 Å². The molecule has 0 bridgehead atoms. The summed E-state index contributed by atoms with van der Waals surface area (Å²) in [5.74, 6) is 3.36. The number of hydrogen-bond acceptors (Lipinski definition) is 2. The summed E-state index contributed by atoms with van der Waals surface area (Å²) in [5, 5.41) is 0.636. The van der Waals surface area contributed by atoms with Crippen molar-refractivity contribution in [3.63, 3.8) is 0 Å². The molecule has 2 aromatic carbocycles. The van der Waals surface area contributed by atoms with Crippen molar-refractivity contribution < 1.29 is 4.74 Å². The minimum absolute atomic E-state index is 0.218. The van der Waals surface area contributed by atoms with Crippen molar-refractivity contribution in [1.82, 2.24) is 0 Å². The normalized spacial score (nSPS) is 25.6. The first-order valence-electron chi connectivity index (χ1n) is 13.9. The number of methoxy groups -OCH3 is 1. The molecule has 2 aliphatic carbocycles. The van der Waals surface area contributed by atoms with Gasteiger partial charge >= 0.3 is 0 Å². The molecule has 0 unspecified atom stereocenters. The molecule has 35 heavy (non-hydrogen) atoms. The third-order valence-electron chi connectivity index (χ3n) is 9.40. The van der Waals surface area contributed by atoms with Crippen LogP contribution in [-0.4, -0.2) is 12.4 Å². The highest BCUT2D eigenvalue weighted by Gasteiger charge is 2.54. The minimum Gasteiger partial charge on any atom is -0.496 e. The van der Waals surface area contributed by atoms with Gasteiger partial charge in [0.05, 0.1) is 7.11 Å². The van der Waals surface area contributed by atoms with Crippen LogP contribution in [-0.2, 0) is 11.8 Å². The lowest BCUT2D eigenvalue weighted by atomic mass is 9.50. The Morgan fingerprint density at radius 1 is 0.857 bits per heavy atom. The van der Waals surface area contributed by atoms with E-state index in [2.05, 4.69) is 104 Å². The standard InChI is InChI=1S/C33H48OS/c1-20(2)24-12-11-13-25(21(3)4)31(24)35-30-16-17-33(9)27-19-28(34-10)26(22(5)6)18-23(27)14-15-29(33)32(30,7)8/h11-13,18-22,29-30H,14-17H2,1-10H3/t29-,30-,33+/m0/s1. The van der Waals surface area contributed by atoms with Gasteiger partial charge in [-0.2, -0.15) is 0 Å². The monoisotopic (exact) mass is 492 g/mol. The summed E-state index contributed by atoms with van der Waals surface area (Å²) < 4.78 is 5.92. The number of benzene rings is 2. The van der Waals surface area contributed by atoms with E-state index in [4.69, 9.17) is 4.74 Å². The molecule has 0 saturated heterocycles. The molecular weight excluding hydrogens is 444 g/mol. The summed E-state index contributed by atoms with van der Waals surface area (Å²) >= 11 is 2.21. The van der Waals surface area contributed by atoms with Crippen molar-refractivity contribution in [2.24, 2.45) is 11.3 Å². The summed E-state index contributed by atoms with van der Waals surface area (Å²) in [7, 11) is 1.84. The van der Waals surface area contributed by atoms with E-state index in [-0.39, 0.29) is 10.8 Å². The predicted molar refractivity (Wildman–Crippen MR) is 154 cm³/mol. The Labute approximate surface area is 219 Å². The highest BCUT2D eigenvalue weighted by Crippen LogP contribution is 2.61. The summed E-state index contributed by atoms with van der Waals surface area (Å²) in [4.78, 5) is 1.57. The maximum absolute atomic E-state index is 5.92. The lowest BCUT2D eigenvalue weighted by molar-refractivity contribution is 0.0470. The molecule has 192 valence electrons. The second-order valence-corrected chi connectivity index (χ2v) is 14.2. The smallest absolute Gasteiger partial charge is 0.122 e. The first-order chi connectivity index (χ1) is 16.4. The van der Waals surface area contributed by atoms with E-state index in [0.29, 0.717) is 28.9 Å². The van der Waals surface area contributed by atoms with Gasteiger partial charge in [-0.1, -0.05) is 86.6 Å². The number of thioether (sulfide) groups is 1. The first kappa shape index (κ1) is 26.6. The van der Waals surface area contributed by atoms with Crippen LogP contribution in [0.2, 0.25) is 0 Å². The zero-order chi connectivity index (χ0) is 25.7. The molecule has 0 spiro atoms. The van der Waals surface area contributed by atoms with Crippen LogP contribution in [0, 0.1) is 11.3 Å². The predicted octanol–water partition coefficient (Wildman–Crippen LogP) is 9.87. The van der Waals surface area contributed by atoms with Gasteiger partial charge in [-0.15, -0.1) is 11.8 Å². The summed E-state index contributed by atoms with van der Waals surface area (Å²) in [6.45, 7) is 21.7. The number of ether oxygens (including phenoxy) is 1. The fraction of sp³-hybridized carbons (Fsp3) is 0.636. The molecule has 1 saturated carbocycles. The average Bonchev–Trinajstić information content (AvgIpc) is 2.79. The molecule has 0 heterocycles. The molecular formula is C33H48OS. The molecule has 0 aromatic heterocycles. The lowest BCUT2D eigenvalue weighted by Crippen LogP contribution is -2.53. The van der Waals surface area contributed by atoms with Crippen LogP contribution in [0.4, 0.5) is 0 Å². The maximum atomic E-state index is 5.92. The Balaban J connectivity index is 1.72. The molecule has 0 aliphatic heterocycles. The first-order valence-corrected chi connectivity index (χ1v) is 14.8. The Bertz CT molecular complexity index is 1040. The van der Waals surface area contributed by atoms with Crippen LogP contribution >= 0.6 is 11.8 Å². The van der Waals surface area contributed by atoms with Crippen LogP contribution in [0.1, 0.15) is 127 Å². The lowest BCUT2D eigenvalue weighted by Gasteiger charge is -2.57. The number of hydrogen-bond donors (Lipinski definition) is 0. The van der Waals surface area contributed by atoms with Gasteiger partial charge in [-0.25, -0.2) is 0 Å². The molecule has 3 atom stereocenters. The second-order valence-electron chi connectivity index (χ2n) is 13.0. The van der Waals surface area contributed by atoms with Gasteiger partial charge in [-0.05, 0) is 94.1 Å². The Morgan fingerprint density at radius 2 is 1.46 bits per heavy atom. The van der Waals surface area contributed by atoms with E-state index in [9.17, 15) is 0 Å². The third kappa shape index (κ3) is 4.58. The van der Waals surface area contributed by atoms with E-state index >= 15 is 0 Å². The number of rotatable bonds is 6. The third-order valence-corrected chi connectivity index (χ3v) is 11.2. The van der Waals surface area contributed by atoms with Gasteiger partial charge in [0.1, 0.15) is 5.75 Å². The molecule has 1 fully saturated rings. The Morgan fingerprint density at radius 3 is 2.00 bits per heavy atom. The van der Waals surface area contributed by atoms with Crippen molar-refractivity contribution in [2.45, 2.75) is 121 Å². The van der Waals surface area contributed by atoms with Crippen molar-refractivity contribution in [3.05, 3.63) is 58.1 Å². The van der Waals surface area contributed by atoms with Crippen LogP contribution in [0.15, 0.2) is 35.2 Å². The topological polar surface area (TPSA) is 9.23 Å². The van der Waals surface area contributed by atoms with E-state index in [1.54, 1.807) is 16.0 Å². The number of aryl methyl sites for hydroxylation is 1. The molecule has 2 aromatic rings. The Kier molecular flexibility index (Phi) is 7.47. The van der Waals surface area contributed by atoms with E-state index < -0.39 is 0 Å². The summed E-state index contributed by atoms with van der Waals surface area (Å²) in [6, 6.07) is 11.9. The van der Waals surface area contributed by atoms with Crippen molar-refractivity contribution in [1.29, 1.82) is 0 Å². The molecule has 0 amide bonds. The van der Waals surface area contributed by atoms with Crippen molar-refractivity contribution >= 4 is 11.8 Å². The quantitative estimate of drug-likeness (QED) is 0.397. The highest BCUT2D eigenvalue weighted by molar-refractivity contribution is 8.00. The Hall–Kier alpha value is -1.41. The molecule has 2 heteroatoms. The number of fused-ring (bicyclic) bond motifs is 3. The zero-order valence-electron chi connectivity index (χ0n) is 23.9. The highest BCUT2D eigenvalue weighted by atomic mass is 32.2. The maximum Gasteiger partial charge on any atom is 0.122 e. The molecule has 2 aliphatic rings. The average molecular weight is 493 g/mol. The zero-order valence-corrected chi connectivity index (χ0v) is 24.7. The molecule has 1 nitrogen and oxygen atoms in total. The SMILES string of the molecule is COc1cc2c(cc1C(C)C)CC[C@H]1C(C)(C)[C@@H](Sc3c(C(C)C)cccc3C(C)C)CC[C@]21C. The van der Waals surface area contributed by atoms with Gasteiger partial charge in [0.25, 0.3) is 0 Å². The summed E-state index contributed by atoms with van der Waals surface area (Å²) in [6.07, 6.45) is 5.01. The van der Waals surface area contributed by atoms with Gasteiger partial charge in [0.15, 0.2) is 0 Å². The van der Waals surface area contributed by atoms with E-state index in [1.807, 2.05) is 7.11 Å². The molecule has 0 radical (unpaired) electrons. The second kappa shape index (κ2) is 9.81. The van der Waals surface area contributed by atoms with Crippen LogP contribution in [0.3, 0.4) is 0 Å². The fourth-order valence-electron chi connectivity index (χ4n) is 7.32. The van der Waals surface area contributed by atoms with Crippen LogP contribution < -0.4 is 4.74 Å². The van der Waals surface area contributed by atoms with Crippen LogP contribution in [0.25, 0.3) is 0 Å². The van der Waals surface area contributed by atoms with Gasteiger partial charge < -0.3 is 4.74 Å². The minimum atomic E-state index is 0.218. The molecule has 4 rings (SSSR count). The largest absolute Gasteiger partial charge is 0.496 e. The van der Waals surface area contributed by atoms with E-state index in [0.717, 1.165) is 5.75 Å². The summed E-state index contributed by atoms with van der Waals surface area (Å²) in [5.41, 5.74) is 8.05. The van der Waals surface area contributed by atoms with Crippen LogP contribution in [0.5, 0.6) is 5.75 Å². The van der Waals surface area contributed by atoms with E-state index in [1.165, 1.54) is 42.4 Å². The van der Waals surface area contributed by atoms with Gasteiger partial charge in [0.2, 0.25) is 0 Å². The van der Waals surface area contributed by atoms with Gasteiger partial charge in [-0.3, -0.25) is 0 Å². The van der Waals surface area contributed by atoms with Crippen molar-refractivity contribution in [3.8, 4) is 5.75 Å². The fourth-order valence-corrected chi connectivity index (χ4v) is 9.19. The molecule has 0 N–H and O–H groups in total.